The Labute approximate surface area is 122 Å². The maximum atomic E-state index is 11.4. The predicted octanol–water partition coefficient (Wildman–Crippen LogP) is 2.49. The Kier molecular flexibility index (Phi) is 3.37. The lowest BCUT2D eigenvalue weighted by atomic mass is 9.95. The van der Waals surface area contributed by atoms with Crippen LogP contribution in [0.25, 0.3) is 0 Å². The maximum Gasteiger partial charge on any atom is 0.341 e. The van der Waals surface area contributed by atoms with Gasteiger partial charge in [0.05, 0.1) is 5.69 Å². The molecule has 2 aromatic rings. The monoisotopic (exact) mass is 287 g/mol. The summed E-state index contributed by atoms with van der Waals surface area (Å²) in [6.45, 7) is 1.85. The van der Waals surface area contributed by atoms with Crippen LogP contribution in [0.4, 0.5) is 0 Å². The Morgan fingerprint density at radius 2 is 2.10 bits per heavy atom. The second-order valence-corrected chi connectivity index (χ2v) is 5.31. The van der Waals surface area contributed by atoms with Crippen LogP contribution in [0.1, 0.15) is 40.2 Å². The molecule has 0 aromatic carbocycles. The average molecular weight is 287 g/mol. The average Bonchev–Trinajstić information content (AvgIpc) is 2.76. The van der Waals surface area contributed by atoms with Crippen molar-refractivity contribution in [3.63, 3.8) is 0 Å². The van der Waals surface area contributed by atoms with Gasteiger partial charge < -0.3 is 9.84 Å². The topological polar surface area (TPSA) is 77.2 Å². The van der Waals surface area contributed by atoms with Gasteiger partial charge in [0.1, 0.15) is 5.56 Å². The van der Waals surface area contributed by atoms with Crippen molar-refractivity contribution in [3.8, 4) is 11.8 Å². The molecule has 0 amide bonds. The van der Waals surface area contributed by atoms with Crippen molar-refractivity contribution in [2.75, 3.05) is 0 Å². The molecule has 6 heteroatoms. The summed E-state index contributed by atoms with van der Waals surface area (Å²) in [6.07, 6.45) is 3.91. The first-order chi connectivity index (χ1) is 10.0. The molecule has 2 aromatic heterocycles. The zero-order valence-corrected chi connectivity index (χ0v) is 12.1. The van der Waals surface area contributed by atoms with Crippen LogP contribution in [0.3, 0.4) is 0 Å². The van der Waals surface area contributed by atoms with Gasteiger partial charge in [-0.25, -0.2) is 14.5 Å². The van der Waals surface area contributed by atoms with E-state index < -0.39 is 5.97 Å². The molecular weight excluding hydrogens is 270 g/mol. The highest BCUT2D eigenvalue weighted by Crippen LogP contribution is 2.29. The van der Waals surface area contributed by atoms with E-state index in [2.05, 4.69) is 10.1 Å². The van der Waals surface area contributed by atoms with Crippen LogP contribution in [0.5, 0.6) is 11.8 Å². The Morgan fingerprint density at radius 1 is 1.33 bits per heavy atom. The fraction of sp³-hybridized carbons (Fsp3) is 0.400. The summed E-state index contributed by atoms with van der Waals surface area (Å²) in [5, 5.41) is 13.6. The van der Waals surface area contributed by atoms with Crippen molar-refractivity contribution in [1.82, 2.24) is 14.8 Å². The quantitative estimate of drug-likeness (QED) is 0.938. The number of fused-ring (bicyclic) bond motifs is 1. The van der Waals surface area contributed by atoms with E-state index in [9.17, 15) is 9.90 Å². The summed E-state index contributed by atoms with van der Waals surface area (Å²) < 4.78 is 7.27. The number of hydrogen-bond acceptors (Lipinski definition) is 4. The van der Waals surface area contributed by atoms with Crippen molar-refractivity contribution in [3.05, 3.63) is 34.6 Å². The number of carboxylic acids is 1. The molecule has 0 fully saturated rings. The molecule has 0 unspecified atom stereocenters. The van der Waals surface area contributed by atoms with E-state index in [1.807, 2.05) is 6.92 Å². The normalized spacial score (nSPS) is 13.8. The lowest BCUT2D eigenvalue weighted by Gasteiger charge is -2.17. The number of carbonyl (C=O) groups is 1. The van der Waals surface area contributed by atoms with E-state index in [4.69, 9.17) is 4.74 Å². The lowest BCUT2D eigenvalue weighted by Crippen LogP contribution is -2.11. The predicted molar refractivity (Wildman–Crippen MR) is 75.9 cm³/mol. The molecule has 1 aliphatic carbocycles. The van der Waals surface area contributed by atoms with Crippen molar-refractivity contribution < 1.29 is 14.6 Å². The molecule has 6 nitrogen and oxygen atoms in total. The fourth-order valence-corrected chi connectivity index (χ4v) is 2.63. The zero-order valence-electron chi connectivity index (χ0n) is 12.1. The number of aromatic carboxylic acids is 1. The Balaban J connectivity index is 2.03. The molecule has 2 heterocycles. The number of aryl methyl sites for hydroxylation is 4. The van der Waals surface area contributed by atoms with Gasteiger partial charge in [0.2, 0.25) is 11.8 Å². The minimum atomic E-state index is -1.02. The van der Waals surface area contributed by atoms with Crippen molar-refractivity contribution in [2.45, 2.75) is 32.6 Å². The van der Waals surface area contributed by atoms with E-state index in [-0.39, 0.29) is 11.4 Å². The van der Waals surface area contributed by atoms with Crippen LogP contribution in [0.2, 0.25) is 0 Å². The summed E-state index contributed by atoms with van der Waals surface area (Å²) in [5.41, 5.74) is 2.88. The maximum absolute atomic E-state index is 11.4. The SMILES string of the molecule is Cc1cc(Oc2nc3c(cc2C(=O)O)CCCC3)n(C)n1. The lowest BCUT2D eigenvalue weighted by molar-refractivity contribution is 0.0693. The summed E-state index contributed by atoms with van der Waals surface area (Å²) in [6, 6.07) is 3.45. The highest BCUT2D eigenvalue weighted by molar-refractivity contribution is 5.90. The number of pyridine rings is 1. The third-order valence-electron chi connectivity index (χ3n) is 3.66. The highest BCUT2D eigenvalue weighted by atomic mass is 16.5. The number of aromatic nitrogens is 3. The van der Waals surface area contributed by atoms with Crippen LogP contribution in [-0.2, 0) is 19.9 Å². The van der Waals surface area contributed by atoms with Gasteiger partial charge in [-0.3, -0.25) is 0 Å². The zero-order chi connectivity index (χ0) is 15.0. The summed E-state index contributed by atoms with van der Waals surface area (Å²) in [4.78, 5) is 15.9. The molecule has 0 aliphatic heterocycles. The molecule has 0 bridgehead atoms. The molecule has 1 N–H and O–H groups in total. The first-order valence-corrected chi connectivity index (χ1v) is 6.99. The van der Waals surface area contributed by atoms with Gasteiger partial charge in [0.25, 0.3) is 0 Å². The Hall–Kier alpha value is -2.37. The highest BCUT2D eigenvalue weighted by Gasteiger charge is 2.21. The summed E-state index contributed by atoms with van der Waals surface area (Å²) in [7, 11) is 1.75. The smallest absolute Gasteiger partial charge is 0.341 e. The van der Waals surface area contributed by atoms with E-state index in [0.717, 1.165) is 42.6 Å². The molecule has 0 spiro atoms. The molecule has 0 radical (unpaired) electrons. The molecule has 110 valence electrons. The number of carboxylic acid groups (broad SMARTS) is 1. The molecule has 0 saturated heterocycles. The third-order valence-corrected chi connectivity index (χ3v) is 3.66. The second kappa shape index (κ2) is 5.20. The van der Waals surface area contributed by atoms with E-state index in [0.29, 0.717) is 5.88 Å². The molecule has 1 aliphatic rings. The molecule has 0 saturated carbocycles. The third kappa shape index (κ3) is 2.61. The second-order valence-electron chi connectivity index (χ2n) is 5.31. The van der Waals surface area contributed by atoms with E-state index in [1.165, 1.54) is 0 Å². The number of hydrogen-bond donors (Lipinski definition) is 1. The van der Waals surface area contributed by atoms with Crippen LogP contribution < -0.4 is 4.74 Å². The summed E-state index contributed by atoms with van der Waals surface area (Å²) >= 11 is 0. The van der Waals surface area contributed by atoms with E-state index >= 15 is 0 Å². The minimum Gasteiger partial charge on any atom is -0.477 e. The van der Waals surface area contributed by atoms with Crippen LogP contribution in [0.15, 0.2) is 12.1 Å². The number of nitrogens with zero attached hydrogens (tertiary/aromatic N) is 3. The van der Waals surface area contributed by atoms with Gasteiger partial charge in [-0.15, -0.1) is 0 Å². The minimum absolute atomic E-state index is 0.106. The first-order valence-electron chi connectivity index (χ1n) is 6.99. The first kappa shape index (κ1) is 13.6. The Morgan fingerprint density at radius 3 is 2.76 bits per heavy atom. The van der Waals surface area contributed by atoms with Gasteiger partial charge in [0.15, 0.2) is 0 Å². The van der Waals surface area contributed by atoms with Gasteiger partial charge in [0, 0.05) is 18.8 Å². The number of rotatable bonds is 3. The van der Waals surface area contributed by atoms with E-state index in [1.54, 1.807) is 23.9 Å². The largest absolute Gasteiger partial charge is 0.477 e. The Bertz CT molecular complexity index is 706. The summed E-state index contributed by atoms with van der Waals surface area (Å²) in [5.74, 6) is -0.394. The molecule has 3 rings (SSSR count). The molecule has 0 atom stereocenters. The van der Waals surface area contributed by atoms with Crippen molar-refractivity contribution in [1.29, 1.82) is 0 Å². The van der Waals surface area contributed by atoms with Crippen molar-refractivity contribution in [2.24, 2.45) is 7.05 Å². The van der Waals surface area contributed by atoms with Crippen LogP contribution >= 0.6 is 0 Å². The van der Waals surface area contributed by atoms with Gasteiger partial charge in [-0.2, -0.15) is 5.10 Å². The van der Waals surface area contributed by atoms with Crippen LogP contribution in [-0.4, -0.2) is 25.8 Å². The van der Waals surface area contributed by atoms with Gasteiger partial charge in [-0.05, 0) is 44.2 Å². The molecular formula is C15H17N3O3. The fourth-order valence-electron chi connectivity index (χ4n) is 2.63. The van der Waals surface area contributed by atoms with Gasteiger partial charge in [-0.1, -0.05) is 0 Å². The van der Waals surface area contributed by atoms with Crippen molar-refractivity contribution >= 4 is 5.97 Å². The molecule has 21 heavy (non-hydrogen) atoms. The standard InChI is InChI=1S/C15H17N3O3/c1-9-7-13(18(2)17-9)21-14-11(15(19)20)8-10-5-3-4-6-12(10)16-14/h7-8H,3-6H2,1-2H3,(H,19,20). The van der Waals surface area contributed by atoms with Gasteiger partial charge >= 0.3 is 5.97 Å². The number of ether oxygens (including phenoxy) is 1. The van der Waals surface area contributed by atoms with Crippen LogP contribution in [0, 0.1) is 6.92 Å².